The van der Waals surface area contributed by atoms with Gasteiger partial charge >= 0.3 is 0 Å². The molecule has 6 nitrogen and oxygen atoms in total. The van der Waals surface area contributed by atoms with Crippen molar-refractivity contribution in [3.8, 4) is 11.5 Å². The Labute approximate surface area is 158 Å². The normalized spacial score (nSPS) is 11.2. The molecule has 3 aromatic rings. The number of hydrogen-bond acceptors (Lipinski definition) is 6. The molecule has 0 bridgehead atoms. The fraction of sp³-hybridized carbons (Fsp3) is 0.188. The zero-order valence-electron chi connectivity index (χ0n) is 13.5. The van der Waals surface area contributed by atoms with Gasteiger partial charge in [0.2, 0.25) is 4.77 Å². The summed E-state index contributed by atoms with van der Waals surface area (Å²) in [7, 11) is 3.10. The molecule has 3 rings (SSSR count). The van der Waals surface area contributed by atoms with Crippen LogP contribution in [0.5, 0.6) is 11.5 Å². The van der Waals surface area contributed by atoms with Crippen LogP contribution in [0, 0.1) is 4.77 Å². The van der Waals surface area contributed by atoms with E-state index < -0.39 is 0 Å². The van der Waals surface area contributed by atoms with E-state index in [1.165, 1.54) is 4.88 Å². The predicted octanol–water partition coefficient (Wildman–Crippen LogP) is 4.15. The SMILES string of the molecule is COc1cc(/C=N\n2c(Cc3cccs3)n[nH]c2=S)cc(Cl)c1OC. The van der Waals surface area contributed by atoms with Gasteiger partial charge < -0.3 is 9.47 Å². The summed E-state index contributed by atoms with van der Waals surface area (Å²) in [5, 5.41) is 13.9. The summed E-state index contributed by atoms with van der Waals surface area (Å²) < 4.78 is 12.6. The summed E-state index contributed by atoms with van der Waals surface area (Å²) in [6.07, 6.45) is 2.30. The molecule has 2 aromatic heterocycles. The predicted molar refractivity (Wildman–Crippen MR) is 102 cm³/mol. The number of H-pyrrole nitrogens is 1. The highest BCUT2D eigenvalue weighted by atomic mass is 35.5. The second kappa shape index (κ2) is 7.81. The summed E-state index contributed by atoms with van der Waals surface area (Å²) in [5.41, 5.74) is 0.757. The van der Waals surface area contributed by atoms with Gasteiger partial charge in [-0.25, -0.2) is 0 Å². The highest BCUT2D eigenvalue weighted by Crippen LogP contribution is 2.35. The third kappa shape index (κ3) is 3.92. The molecule has 25 heavy (non-hydrogen) atoms. The summed E-state index contributed by atoms with van der Waals surface area (Å²) in [5.74, 6) is 1.75. The van der Waals surface area contributed by atoms with Gasteiger partial charge in [0.05, 0.1) is 25.5 Å². The topological polar surface area (TPSA) is 64.4 Å². The Morgan fingerprint density at radius 2 is 2.24 bits per heavy atom. The molecule has 0 aliphatic heterocycles. The van der Waals surface area contributed by atoms with Crippen molar-refractivity contribution >= 4 is 41.4 Å². The van der Waals surface area contributed by atoms with Gasteiger partial charge in [0.1, 0.15) is 0 Å². The lowest BCUT2D eigenvalue weighted by Crippen LogP contribution is -2.00. The van der Waals surface area contributed by atoms with Crippen LogP contribution >= 0.6 is 35.2 Å². The van der Waals surface area contributed by atoms with Crippen molar-refractivity contribution in [1.29, 1.82) is 0 Å². The van der Waals surface area contributed by atoms with E-state index in [1.54, 1.807) is 48.6 Å². The van der Waals surface area contributed by atoms with Crippen LogP contribution in [0.4, 0.5) is 0 Å². The maximum absolute atomic E-state index is 6.22. The number of thiophene rings is 1. The van der Waals surface area contributed by atoms with Crippen LogP contribution in [0.1, 0.15) is 16.3 Å². The van der Waals surface area contributed by atoms with E-state index in [9.17, 15) is 0 Å². The minimum Gasteiger partial charge on any atom is -0.493 e. The molecule has 0 atom stereocenters. The van der Waals surface area contributed by atoms with Gasteiger partial charge in [-0.05, 0) is 41.4 Å². The van der Waals surface area contributed by atoms with Gasteiger partial charge in [-0.15, -0.1) is 11.3 Å². The number of nitrogens with zero attached hydrogens (tertiary/aromatic N) is 3. The third-order valence-electron chi connectivity index (χ3n) is 3.41. The van der Waals surface area contributed by atoms with Gasteiger partial charge in [-0.3, -0.25) is 5.10 Å². The highest BCUT2D eigenvalue weighted by molar-refractivity contribution is 7.71. The molecule has 2 heterocycles. The molecule has 0 unspecified atom stereocenters. The lowest BCUT2D eigenvalue weighted by molar-refractivity contribution is 0.355. The highest BCUT2D eigenvalue weighted by Gasteiger charge is 2.11. The van der Waals surface area contributed by atoms with Crippen LogP contribution in [-0.4, -0.2) is 35.3 Å². The van der Waals surface area contributed by atoms with Crippen molar-refractivity contribution in [2.75, 3.05) is 14.2 Å². The van der Waals surface area contributed by atoms with Gasteiger partial charge in [0.15, 0.2) is 17.3 Å². The Bertz CT molecular complexity index is 948. The number of rotatable bonds is 6. The van der Waals surface area contributed by atoms with E-state index in [2.05, 4.69) is 15.3 Å². The van der Waals surface area contributed by atoms with Crippen molar-refractivity contribution < 1.29 is 9.47 Å². The van der Waals surface area contributed by atoms with E-state index in [0.717, 1.165) is 11.4 Å². The number of ether oxygens (including phenoxy) is 2. The van der Waals surface area contributed by atoms with Crippen LogP contribution in [0.15, 0.2) is 34.7 Å². The summed E-state index contributed by atoms with van der Waals surface area (Å²) in [6.45, 7) is 0. The number of halogens is 1. The number of aromatic nitrogens is 3. The van der Waals surface area contributed by atoms with Gasteiger partial charge in [0, 0.05) is 11.3 Å². The Hall–Kier alpha value is -2.16. The second-order valence-corrected chi connectivity index (χ2v) is 6.82. The average Bonchev–Trinajstić information content (AvgIpc) is 3.23. The van der Waals surface area contributed by atoms with Crippen LogP contribution in [0.3, 0.4) is 0 Å². The fourth-order valence-electron chi connectivity index (χ4n) is 2.26. The molecule has 130 valence electrons. The lowest BCUT2D eigenvalue weighted by Gasteiger charge is -2.10. The zero-order valence-corrected chi connectivity index (χ0v) is 15.9. The molecule has 0 spiro atoms. The number of nitrogens with one attached hydrogen (secondary N) is 1. The second-order valence-electron chi connectivity index (χ2n) is 5.00. The van der Waals surface area contributed by atoms with Crippen molar-refractivity contribution in [3.05, 3.63) is 55.7 Å². The molecule has 0 amide bonds. The van der Waals surface area contributed by atoms with E-state index in [1.807, 2.05) is 17.5 Å². The van der Waals surface area contributed by atoms with Crippen molar-refractivity contribution in [2.24, 2.45) is 5.10 Å². The Kier molecular flexibility index (Phi) is 5.52. The smallest absolute Gasteiger partial charge is 0.216 e. The maximum Gasteiger partial charge on any atom is 0.216 e. The monoisotopic (exact) mass is 394 g/mol. The molecule has 0 saturated heterocycles. The third-order valence-corrected chi connectivity index (χ3v) is 4.83. The minimum absolute atomic E-state index is 0.425. The van der Waals surface area contributed by atoms with E-state index >= 15 is 0 Å². The van der Waals surface area contributed by atoms with Crippen LogP contribution in [0.2, 0.25) is 5.02 Å². The van der Waals surface area contributed by atoms with Crippen molar-refractivity contribution in [1.82, 2.24) is 14.9 Å². The van der Waals surface area contributed by atoms with Gasteiger partial charge in [-0.2, -0.15) is 14.9 Å². The van der Waals surface area contributed by atoms with Crippen molar-refractivity contribution in [2.45, 2.75) is 6.42 Å². The number of benzene rings is 1. The van der Waals surface area contributed by atoms with Gasteiger partial charge in [0.25, 0.3) is 0 Å². The van der Waals surface area contributed by atoms with E-state index in [0.29, 0.717) is 27.7 Å². The first-order valence-electron chi connectivity index (χ1n) is 7.27. The first-order valence-corrected chi connectivity index (χ1v) is 8.93. The van der Waals surface area contributed by atoms with Gasteiger partial charge in [-0.1, -0.05) is 17.7 Å². The Morgan fingerprint density at radius 3 is 2.92 bits per heavy atom. The summed E-state index contributed by atoms with van der Waals surface area (Å²) in [4.78, 5) is 1.18. The molecule has 0 fully saturated rings. The minimum atomic E-state index is 0.425. The first-order chi connectivity index (χ1) is 12.1. The summed E-state index contributed by atoms with van der Waals surface area (Å²) in [6, 6.07) is 7.58. The zero-order chi connectivity index (χ0) is 17.8. The van der Waals surface area contributed by atoms with E-state index in [4.69, 9.17) is 33.3 Å². The average molecular weight is 395 g/mol. The molecular weight excluding hydrogens is 380 g/mol. The maximum atomic E-state index is 6.22. The van der Waals surface area contributed by atoms with E-state index in [-0.39, 0.29) is 0 Å². The Morgan fingerprint density at radius 1 is 1.40 bits per heavy atom. The molecule has 0 radical (unpaired) electrons. The number of hydrogen-bond donors (Lipinski definition) is 1. The van der Waals surface area contributed by atoms with Crippen LogP contribution in [-0.2, 0) is 6.42 Å². The molecule has 1 N–H and O–H groups in total. The number of methoxy groups -OCH3 is 2. The molecular formula is C16H15ClN4O2S2. The molecule has 0 aliphatic rings. The first kappa shape index (κ1) is 17.7. The molecule has 9 heteroatoms. The number of aromatic amines is 1. The Balaban J connectivity index is 1.91. The van der Waals surface area contributed by atoms with Crippen LogP contribution in [0.25, 0.3) is 0 Å². The largest absolute Gasteiger partial charge is 0.493 e. The summed E-state index contributed by atoms with van der Waals surface area (Å²) >= 11 is 13.1. The van der Waals surface area contributed by atoms with Crippen molar-refractivity contribution in [3.63, 3.8) is 0 Å². The fourth-order valence-corrected chi connectivity index (χ4v) is 3.46. The molecule has 0 aliphatic carbocycles. The standard InChI is InChI=1S/C16H15ClN4O2S2/c1-22-13-7-10(6-12(17)15(13)23-2)9-18-21-14(19-20-16(21)24)8-11-4-3-5-25-11/h3-7,9H,8H2,1-2H3,(H,20,24)/b18-9-. The lowest BCUT2D eigenvalue weighted by atomic mass is 10.2. The quantitative estimate of drug-likeness (QED) is 0.504. The molecule has 1 aromatic carbocycles. The molecule has 0 saturated carbocycles. The van der Waals surface area contributed by atoms with Crippen LogP contribution < -0.4 is 9.47 Å².